The number of amides is 1. The zero-order valence-electron chi connectivity index (χ0n) is 9.77. The van der Waals surface area contributed by atoms with Gasteiger partial charge in [0.05, 0.1) is 4.92 Å². The number of carbonyl (C=O) groups is 1. The van der Waals surface area contributed by atoms with Crippen molar-refractivity contribution in [3.63, 3.8) is 0 Å². The van der Waals surface area contributed by atoms with Crippen molar-refractivity contribution in [3.05, 3.63) is 34.4 Å². The van der Waals surface area contributed by atoms with Crippen LogP contribution in [0.4, 0.5) is 11.4 Å². The number of hydrogen-bond acceptors (Lipinski definition) is 4. The molecule has 1 aromatic rings. The number of nitro benzene ring substituents is 1. The molecule has 6 heteroatoms. The monoisotopic (exact) mass is 237 g/mol. The Morgan fingerprint density at radius 1 is 1.47 bits per heavy atom. The lowest BCUT2D eigenvalue weighted by Crippen LogP contribution is -2.37. The third-order valence-electron chi connectivity index (χ3n) is 2.22. The molecular weight excluding hydrogens is 222 g/mol. The summed E-state index contributed by atoms with van der Waals surface area (Å²) in [5.41, 5.74) is 0.305. The van der Waals surface area contributed by atoms with Crippen LogP contribution in [0.5, 0.6) is 0 Å². The number of nitrogens with one attached hydrogen (secondary N) is 2. The molecule has 0 bridgehead atoms. The van der Waals surface area contributed by atoms with Crippen LogP contribution in [0, 0.1) is 10.1 Å². The standard InChI is InChI=1S/C11H15N3O3/c1-3-12-11(15)8(2)13-9-6-4-5-7-10(9)14(16)17/h4-8,13H,3H2,1-2H3,(H,12,15). The molecule has 0 saturated heterocycles. The lowest BCUT2D eigenvalue weighted by atomic mass is 10.2. The molecule has 0 aliphatic rings. The maximum atomic E-state index is 11.5. The van der Waals surface area contributed by atoms with Crippen LogP contribution < -0.4 is 10.6 Å². The van der Waals surface area contributed by atoms with Gasteiger partial charge in [-0.2, -0.15) is 0 Å². The molecule has 6 nitrogen and oxygen atoms in total. The summed E-state index contributed by atoms with van der Waals surface area (Å²) in [4.78, 5) is 21.8. The summed E-state index contributed by atoms with van der Waals surface area (Å²) in [7, 11) is 0. The number of anilines is 1. The van der Waals surface area contributed by atoms with Gasteiger partial charge < -0.3 is 10.6 Å². The average Bonchev–Trinajstić information content (AvgIpc) is 2.29. The Bertz CT molecular complexity index is 420. The lowest BCUT2D eigenvalue weighted by Gasteiger charge is -2.14. The quantitative estimate of drug-likeness (QED) is 0.600. The summed E-state index contributed by atoms with van der Waals surface area (Å²) < 4.78 is 0. The predicted octanol–water partition coefficient (Wildman–Crippen LogP) is 1.53. The van der Waals surface area contributed by atoms with Crippen LogP contribution in [0.15, 0.2) is 24.3 Å². The number of hydrogen-bond donors (Lipinski definition) is 2. The van der Waals surface area contributed by atoms with Gasteiger partial charge in [-0.1, -0.05) is 12.1 Å². The number of likely N-dealkylation sites (N-methyl/N-ethyl adjacent to an activating group) is 1. The van der Waals surface area contributed by atoms with Crippen molar-refractivity contribution in [2.45, 2.75) is 19.9 Å². The summed E-state index contributed by atoms with van der Waals surface area (Å²) in [6.07, 6.45) is 0. The van der Waals surface area contributed by atoms with E-state index in [2.05, 4.69) is 10.6 Å². The molecule has 0 aliphatic heterocycles. The van der Waals surface area contributed by atoms with Gasteiger partial charge in [0.25, 0.3) is 5.69 Å². The van der Waals surface area contributed by atoms with Crippen molar-refractivity contribution in [3.8, 4) is 0 Å². The minimum absolute atomic E-state index is 0.0383. The van der Waals surface area contributed by atoms with Gasteiger partial charge in [-0.3, -0.25) is 14.9 Å². The highest BCUT2D eigenvalue weighted by Gasteiger charge is 2.17. The van der Waals surface area contributed by atoms with Crippen LogP contribution >= 0.6 is 0 Å². The Kier molecular flexibility index (Phi) is 4.45. The molecule has 1 atom stereocenters. The van der Waals surface area contributed by atoms with Crippen molar-refractivity contribution in [2.24, 2.45) is 0 Å². The first-order chi connectivity index (χ1) is 8.06. The molecule has 1 aromatic carbocycles. The first-order valence-electron chi connectivity index (χ1n) is 5.34. The van der Waals surface area contributed by atoms with E-state index in [0.717, 1.165) is 0 Å². The Morgan fingerprint density at radius 2 is 2.12 bits per heavy atom. The van der Waals surface area contributed by atoms with Crippen LogP contribution in [0.25, 0.3) is 0 Å². The fraction of sp³-hybridized carbons (Fsp3) is 0.364. The SMILES string of the molecule is CCNC(=O)C(C)Nc1ccccc1[N+](=O)[O-]. The Labute approximate surface area is 99.2 Å². The second-order valence-electron chi connectivity index (χ2n) is 3.53. The number of para-hydroxylation sites is 2. The molecule has 0 spiro atoms. The van der Waals surface area contributed by atoms with E-state index in [4.69, 9.17) is 0 Å². The van der Waals surface area contributed by atoms with Gasteiger partial charge in [0.1, 0.15) is 11.7 Å². The van der Waals surface area contributed by atoms with Gasteiger partial charge in [0.15, 0.2) is 0 Å². The highest BCUT2D eigenvalue weighted by molar-refractivity contribution is 5.84. The van der Waals surface area contributed by atoms with Crippen molar-refractivity contribution in [2.75, 3.05) is 11.9 Å². The molecule has 0 fully saturated rings. The summed E-state index contributed by atoms with van der Waals surface area (Å²) in [6.45, 7) is 4.00. The maximum Gasteiger partial charge on any atom is 0.292 e. The van der Waals surface area contributed by atoms with Crippen molar-refractivity contribution < 1.29 is 9.72 Å². The van der Waals surface area contributed by atoms with Gasteiger partial charge in [0.2, 0.25) is 5.91 Å². The lowest BCUT2D eigenvalue weighted by molar-refractivity contribution is -0.384. The highest BCUT2D eigenvalue weighted by atomic mass is 16.6. The van der Waals surface area contributed by atoms with Gasteiger partial charge in [-0.15, -0.1) is 0 Å². The molecule has 1 unspecified atom stereocenters. The Morgan fingerprint density at radius 3 is 2.71 bits per heavy atom. The van der Waals surface area contributed by atoms with Crippen LogP contribution in [0.1, 0.15) is 13.8 Å². The summed E-state index contributed by atoms with van der Waals surface area (Å²) in [5.74, 6) is -0.189. The molecular formula is C11H15N3O3. The molecule has 92 valence electrons. The molecule has 0 heterocycles. The van der Waals surface area contributed by atoms with Crippen LogP contribution in [-0.4, -0.2) is 23.4 Å². The molecule has 0 aliphatic carbocycles. The third kappa shape index (κ3) is 3.44. The summed E-state index contributed by atoms with van der Waals surface area (Å²) >= 11 is 0. The second-order valence-corrected chi connectivity index (χ2v) is 3.53. The number of nitro groups is 1. The van der Waals surface area contributed by atoms with E-state index in [1.807, 2.05) is 6.92 Å². The topological polar surface area (TPSA) is 84.3 Å². The highest BCUT2D eigenvalue weighted by Crippen LogP contribution is 2.23. The molecule has 1 rings (SSSR count). The smallest absolute Gasteiger partial charge is 0.292 e. The van der Waals surface area contributed by atoms with Crippen LogP contribution in [0.3, 0.4) is 0 Å². The molecule has 1 amide bonds. The zero-order valence-corrected chi connectivity index (χ0v) is 9.77. The third-order valence-corrected chi connectivity index (χ3v) is 2.22. The van der Waals surface area contributed by atoms with E-state index in [9.17, 15) is 14.9 Å². The number of carbonyl (C=O) groups excluding carboxylic acids is 1. The Hall–Kier alpha value is -2.11. The molecule has 0 aromatic heterocycles. The fourth-order valence-corrected chi connectivity index (χ4v) is 1.38. The Balaban J connectivity index is 2.81. The normalized spacial score (nSPS) is 11.6. The minimum atomic E-state index is -0.518. The molecule has 0 radical (unpaired) electrons. The van der Waals surface area contributed by atoms with Crippen LogP contribution in [0.2, 0.25) is 0 Å². The minimum Gasteiger partial charge on any atom is -0.368 e. The van der Waals surface area contributed by atoms with Crippen molar-refractivity contribution >= 4 is 17.3 Å². The van der Waals surface area contributed by atoms with Gasteiger partial charge in [-0.05, 0) is 19.9 Å². The first-order valence-corrected chi connectivity index (χ1v) is 5.34. The molecule has 2 N–H and O–H groups in total. The van der Waals surface area contributed by atoms with Crippen molar-refractivity contribution in [1.29, 1.82) is 0 Å². The van der Waals surface area contributed by atoms with E-state index in [1.54, 1.807) is 25.1 Å². The van der Waals surface area contributed by atoms with E-state index < -0.39 is 11.0 Å². The van der Waals surface area contributed by atoms with E-state index >= 15 is 0 Å². The maximum absolute atomic E-state index is 11.5. The first kappa shape index (κ1) is 13.0. The number of nitrogens with zero attached hydrogens (tertiary/aromatic N) is 1. The summed E-state index contributed by atoms with van der Waals surface area (Å²) in [6, 6.07) is 5.72. The van der Waals surface area contributed by atoms with Crippen molar-refractivity contribution in [1.82, 2.24) is 5.32 Å². The van der Waals surface area contributed by atoms with Gasteiger partial charge in [0, 0.05) is 12.6 Å². The number of rotatable bonds is 5. The fourth-order valence-electron chi connectivity index (χ4n) is 1.38. The predicted molar refractivity (Wildman–Crippen MR) is 64.9 cm³/mol. The van der Waals surface area contributed by atoms with E-state index in [-0.39, 0.29) is 11.6 Å². The van der Waals surface area contributed by atoms with Gasteiger partial charge >= 0.3 is 0 Å². The van der Waals surface area contributed by atoms with E-state index in [0.29, 0.717) is 12.2 Å². The zero-order chi connectivity index (χ0) is 12.8. The summed E-state index contributed by atoms with van der Waals surface area (Å²) in [5, 5.41) is 16.2. The van der Waals surface area contributed by atoms with Crippen LogP contribution in [-0.2, 0) is 4.79 Å². The molecule has 0 saturated carbocycles. The second kappa shape index (κ2) is 5.83. The number of benzene rings is 1. The largest absolute Gasteiger partial charge is 0.368 e. The van der Waals surface area contributed by atoms with Gasteiger partial charge in [-0.25, -0.2) is 0 Å². The average molecular weight is 237 g/mol. The van der Waals surface area contributed by atoms with E-state index in [1.165, 1.54) is 6.07 Å². The molecule has 17 heavy (non-hydrogen) atoms.